The Bertz CT molecular complexity index is 372. The van der Waals surface area contributed by atoms with Crippen molar-refractivity contribution in [3.8, 4) is 0 Å². The maximum atomic E-state index is 13.1. The zero-order chi connectivity index (χ0) is 12.3. The van der Waals surface area contributed by atoms with Crippen molar-refractivity contribution in [1.29, 1.82) is 0 Å². The van der Waals surface area contributed by atoms with Crippen molar-refractivity contribution in [2.45, 2.75) is 32.6 Å². The molecule has 0 spiro atoms. The molecule has 1 fully saturated rings. The molecule has 1 N–H and O–H groups in total. The van der Waals surface area contributed by atoms with Crippen LogP contribution >= 0.6 is 15.9 Å². The van der Waals surface area contributed by atoms with Crippen LogP contribution < -0.4 is 5.32 Å². The largest absolute Gasteiger partial charge is 0.385 e. The van der Waals surface area contributed by atoms with Gasteiger partial charge in [0.25, 0.3) is 0 Å². The van der Waals surface area contributed by atoms with Crippen LogP contribution in [-0.4, -0.2) is 6.54 Å². The zero-order valence-electron chi connectivity index (χ0n) is 10.2. The number of nitrogens with one attached hydrogen (secondary N) is 1. The molecule has 94 valence electrons. The molecule has 0 unspecified atom stereocenters. The summed E-state index contributed by atoms with van der Waals surface area (Å²) in [5.41, 5.74) is 0.997. The van der Waals surface area contributed by atoms with E-state index in [0.29, 0.717) is 4.47 Å². The van der Waals surface area contributed by atoms with Crippen LogP contribution in [0.1, 0.15) is 32.6 Å². The summed E-state index contributed by atoms with van der Waals surface area (Å²) in [6.45, 7) is 3.34. The lowest BCUT2D eigenvalue weighted by Crippen LogP contribution is -2.20. The number of benzene rings is 1. The van der Waals surface area contributed by atoms with E-state index < -0.39 is 0 Å². The summed E-state index contributed by atoms with van der Waals surface area (Å²) in [4.78, 5) is 0. The minimum Gasteiger partial charge on any atom is -0.385 e. The first-order valence-corrected chi connectivity index (χ1v) is 7.13. The van der Waals surface area contributed by atoms with E-state index in [0.717, 1.165) is 24.1 Å². The molecule has 0 radical (unpaired) electrons. The van der Waals surface area contributed by atoms with Crippen molar-refractivity contribution < 1.29 is 4.39 Å². The maximum Gasteiger partial charge on any atom is 0.137 e. The van der Waals surface area contributed by atoms with Crippen molar-refractivity contribution >= 4 is 21.6 Å². The summed E-state index contributed by atoms with van der Waals surface area (Å²) in [5, 5.41) is 3.40. The van der Waals surface area contributed by atoms with E-state index >= 15 is 0 Å². The maximum absolute atomic E-state index is 13.1. The molecule has 1 aromatic rings. The number of hydrogen-bond donors (Lipinski definition) is 1. The Hall–Kier alpha value is -0.570. The summed E-state index contributed by atoms with van der Waals surface area (Å²) < 4.78 is 13.6. The van der Waals surface area contributed by atoms with Crippen molar-refractivity contribution in [1.82, 2.24) is 0 Å². The average molecular weight is 300 g/mol. The van der Waals surface area contributed by atoms with Gasteiger partial charge in [0.2, 0.25) is 0 Å². The van der Waals surface area contributed by atoms with Crippen molar-refractivity contribution in [3.05, 3.63) is 28.5 Å². The van der Waals surface area contributed by atoms with Gasteiger partial charge in [-0.05, 0) is 58.8 Å². The molecule has 1 saturated carbocycles. The fourth-order valence-corrected chi connectivity index (χ4v) is 2.78. The smallest absolute Gasteiger partial charge is 0.137 e. The quantitative estimate of drug-likeness (QED) is 0.843. The normalized spacial score (nSPS) is 24.6. The van der Waals surface area contributed by atoms with E-state index in [4.69, 9.17) is 0 Å². The molecule has 1 aliphatic rings. The van der Waals surface area contributed by atoms with E-state index in [1.165, 1.54) is 31.7 Å². The zero-order valence-corrected chi connectivity index (χ0v) is 11.8. The van der Waals surface area contributed by atoms with Gasteiger partial charge in [0.15, 0.2) is 0 Å². The molecule has 1 nitrogen and oxygen atoms in total. The van der Waals surface area contributed by atoms with Gasteiger partial charge in [-0.25, -0.2) is 4.39 Å². The lowest BCUT2D eigenvalue weighted by atomic mass is 9.83. The minimum atomic E-state index is -0.206. The van der Waals surface area contributed by atoms with Crippen LogP contribution in [0.3, 0.4) is 0 Å². The Morgan fingerprint density at radius 2 is 2.00 bits per heavy atom. The fraction of sp³-hybridized carbons (Fsp3) is 0.571. The van der Waals surface area contributed by atoms with Crippen molar-refractivity contribution in [2.24, 2.45) is 11.8 Å². The fourth-order valence-electron chi connectivity index (χ4n) is 2.40. The predicted octanol–water partition coefficient (Wildman–Crippen LogP) is 4.83. The monoisotopic (exact) mass is 299 g/mol. The molecule has 0 heterocycles. The Kier molecular flexibility index (Phi) is 4.43. The van der Waals surface area contributed by atoms with E-state index in [1.807, 2.05) is 0 Å². The standard InChI is InChI=1S/C14H19BrFN/c1-10-2-4-11(5-3-10)9-17-12-6-7-14(16)13(15)8-12/h6-8,10-11,17H,2-5,9H2,1H3. The second-order valence-electron chi connectivity index (χ2n) is 5.14. The van der Waals surface area contributed by atoms with Crippen LogP contribution in [0.2, 0.25) is 0 Å². The van der Waals surface area contributed by atoms with Gasteiger partial charge in [-0.2, -0.15) is 0 Å². The average Bonchev–Trinajstić information content (AvgIpc) is 2.33. The summed E-state index contributed by atoms with van der Waals surface area (Å²) in [6.07, 6.45) is 5.33. The molecule has 2 rings (SSSR count). The highest BCUT2D eigenvalue weighted by atomic mass is 79.9. The number of halogens is 2. The third kappa shape index (κ3) is 3.70. The molecule has 3 heteroatoms. The van der Waals surface area contributed by atoms with Gasteiger partial charge >= 0.3 is 0 Å². The van der Waals surface area contributed by atoms with Gasteiger partial charge in [0.05, 0.1) is 4.47 Å². The minimum absolute atomic E-state index is 0.206. The first kappa shape index (κ1) is 12.9. The van der Waals surface area contributed by atoms with E-state index in [2.05, 4.69) is 28.2 Å². The Morgan fingerprint density at radius 3 is 2.65 bits per heavy atom. The molecule has 0 atom stereocenters. The predicted molar refractivity (Wildman–Crippen MR) is 73.7 cm³/mol. The third-order valence-electron chi connectivity index (χ3n) is 3.65. The van der Waals surface area contributed by atoms with E-state index in [1.54, 1.807) is 12.1 Å². The van der Waals surface area contributed by atoms with Gasteiger partial charge in [-0.1, -0.05) is 19.8 Å². The van der Waals surface area contributed by atoms with Crippen molar-refractivity contribution in [3.63, 3.8) is 0 Å². The highest BCUT2D eigenvalue weighted by molar-refractivity contribution is 9.10. The summed E-state index contributed by atoms with van der Waals surface area (Å²) >= 11 is 3.20. The molecule has 0 bridgehead atoms. The molecular weight excluding hydrogens is 281 g/mol. The summed E-state index contributed by atoms with van der Waals surface area (Å²) in [6, 6.07) is 5.10. The molecule has 1 aliphatic carbocycles. The first-order valence-electron chi connectivity index (χ1n) is 6.34. The molecule has 0 aromatic heterocycles. The second-order valence-corrected chi connectivity index (χ2v) is 5.99. The molecule has 0 saturated heterocycles. The van der Waals surface area contributed by atoms with Crippen LogP contribution in [0.15, 0.2) is 22.7 Å². The van der Waals surface area contributed by atoms with Gasteiger partial charge in [-0.15, -0.1) is 0 Å². The van der Waals surface area contributed by atoms with E-state index in [9.17, 15) is 4.39 Å². The molecule has 0 aliphatic heterocycles. The van der Waals surface area contributed by atoms with Crippen LogP contribution in [0, 0.1) is 17.7 Å². The summed E-state index contributed by atoms with van der Waals surface area (Å²) in [5.74, 6) is 1.46. The van der Waals surface area contributed by atoms with Gasteiger partial charge in [-0.3, -0.25) is 0 Å². The first-order chi connectivity index (χ1) is 8.15. The lowest BCUT2D eigenvalue weighted by Gasteiger charge is -2.26. The highest BCUT2D eigenvalue weighted by Crippen LogP contribution is 2.28. The Balaban J connectivity index is 1.83. The van der Waals surface area contributed by atoms with Gasteiger partial charge < -0.3 is 5.32 Å². The van der Waals surface area contributed by atoms with Crippen LogP contribution in [-0.2, 0) is 0 Å². The summed E-state index contributed by atoms with van der Waals surface area (Å²) in [7, 11) is 0. The third-order valence-corrected chi connectivity index (χ3v) is 4.26. The molecule has 0 amide bonds. The number of anilines is 1. The second kappa shape index (κ2) is 5.85. The van der Waals surface area contributed by atoms with Gasteiger partial charge in [0, 0.05) is 12.2 Å². The topological polar surface area (TPSA) is 12.0 Å². The van der Waals surface area contributed by atoms with Crippen LogP contribution in [0.25, 0.3) is 0 Å². The number of rotatable bonds is 3. The van der Waals surface area contributed by atoms with E-state index in [-0.39, 0.29) is 5.82 Å². The Morgan fingerprint density at radius 1 is 1.29 bits per heavy atom. The highest BCUT2D eigenvalue weighted by Gasteiger charge is 2.17. The SMILES string of the molecule is CC1CCC(CNc2ccc(F)c(Br)c2)CC1. The molecule has 17 heavy (non-hydrogen) atoms. The Labute approximate surface area is 111 Å². The van der Waals surface area contributed by atoms with Crippen LogP contribution in [0.4, 0.5) is 10.1 Å². The van der Waals surface area contributed by atoms with Crippen molar-refractivity contribution in [2.75, 3.05) is 11.9 Å². The van der Waals surface area contributed by atoms with Crippen LogP contribution in [0.5, 0.6) is 0 Å². The number of hydrogen-bond acceptors (Lipinski definition) is 1. The lowest BCUT2D eigenvalue weighted by molar-refractivity contribution is 0.300. The van der Waals surface area contributed by atoms with Gasteiger partial charge in [0.1, 0.15) is 5.82 Å². The molecule has 1 aromatic carbocycles. The molecular formula is C14H19BrFN.